The molecule has 180 valence electrons. The lowest BCUT2D eigenvalue weighted by Crippen LogP contribution is -2.55. The summed E-state index contributed by atoms with van der Waals surface area (Å²) in [6.45, 7) is 3.04. The van der Waals surface area contributed by atoms with Crippen molar-refractivity contribution < 1.29 is 19.1 Å². The summed E-state index contributed by atoms with van der Waals surface area (Å²) in [4.78, 5) is 42.0. The Kier molecular flexibility index (Phi) is 6.17. The summed E-state index contributed by atoms with van der Waals surface area (Å²) >= 11 is 6.30. The number of carbonyl (C=O) groups is 2. The molecule has 1 fully saturated rings. The highest BCUT2D eigenvalue weighted by Gasteiger charge is 2.34. The molecule has 2 aliphatic rings. The summed E-state index contributed by atoms with van der Waals surface area (Å²) in [5.74, 6) is 0.474. The lowest BCUT2D eigenvalue weighted by atomic mass is 10.2. The lowest BCUT2D eigenvalue weighted by Gasteiger charge is -2.37. The van der Waals surface area contributed by atoms with Gasteiger partial charge in [0, 0.05) is 37.9 Å². The number of ether oxygens (including phenoxy) is 2. The minimum atomic E-state index is -0.742. The number of aromatic nitrogens is 2. The van der Waals surface area contributed by atoms with Gasteiger partial charge >= 0.3 is 0 Å². The normalized spacial score (nSPS) is 17.3. The van der Waals surface area contributed by atoms with Crippen LogP contribution >= 0.6 is 11.6 Å². The summed E-state index contributed by atoms with van der Waals surface area (Å²) in [6.07, 6.45) is -0.742. The number of benzene rings is 2. The molecular weight excluding hydrogens is 472 g/mol. The maximum atomic E-state index is 13.2. The van der Waals surface area contributed by atoms with Crippen LogP contribution < -0.4 is 14.9 Å². The molecule has 5 rings (SSSR count). The average molecular weight is 495 g/mol. The number of carbonyl (C=O) groups excluding carboxylic acids is 2. The Bertz CT molecular complexity index is 1350. The van der Waals surface area contributed by atoms with E-state index in [0.717, 1.165) is 0 Å². The molecule has 0 aliphatic carbocycles. The Morgan fingerprint density at radius 2 is 1.63 bits per heavy atom. The molecule has 0 N–H and O–H groups in total. The molecule has 1 atom stereocenters. The number of hydrogen-bond donors (Lipinski definition) is 0. The highest BCUT2D eigenvalue weighted by atomic mass is 35.5. The van der Waals surface area contributed by atoms with E-state index in [1.807, 2.05) is 12.1 Å². The average Bonchev–Trinajstić information content (AvgIpc) is 2.88. The first-order valence-electron chi connectivity index (χ1n) is 11.2. The van der Waals surface area contributed by atoms with E-state index in [2.05, 4.69) is 5.10 Å². The van der Waals surface area contributed by atoms with Crippen molar-refractivity contribution in [3.05, 3.63) is 81.2 Å². The minimum Gasteiger partial charge on any atom is -0.485 e. The number of nitrogens with zero attached hydrogens (tertiary/aromatic N) is 4. The van der Waals surface area contributed by atoms with Gasteiger partial charge in [0.05, 0.1) is 10.7 Å². The predicted molar refractivity (Wildman–Crippen MR) is 128 cm³/mol. The molecule has 0 bridgehead atoms. The van der Waals surface area contributed by atoms with Crippen molar-refractivity contribution in [1.82, 2.24) is 19.6 Å². The van der Waals surface area contributed by atoms with Gasteiger partial charge in [-0.25, -0.2) is 4.68 Å². The molecule has 9 nitrogen and oxygen atoms in total. The molecular formula is C25H23ClN4O5. The van der Waals surface area contributed by atoms with Crippen LogP contribution in [0.25, 0.3) is 5.69 Å². The molecule has 0 spiro atoms. The Morgan fingerprint density at radius 1 is 0.971 bits per heavy atom. The number of piperazine rings is 1. The highest BCUT2D eigenvalue weighted by molar-refractivity contribution is 6.32. The number of fused-ring (bicyclic) bond motifs is 1. The zero-order valence-electron chi connectivity index (χ0n) is 19.0. The van der Waals surface area contributed by atoms with Crippen LogP contribution in [0.5, 0.6) is 11.5 Å². The van der Waals surface area contributed by atoms with Gasteiger partial charge in [0.1, 0.15) is 6.61 Å². The quantitative estimate of drug-likeness (QED) is 0.554. The number of aryl methyl sites for hydroxylation is 1. The summed E-state index contributed by atoms with van der Waals surface area (Å²) in [5.41, 5.74) is 0.496. The minimum absolute atomic E-state index is 0.129. The Morgan fingerprint density at radius 3 is 2.37 bits per heavy atom. The van der Waals surface area contributed by atoms with E-state index in [4.69, 9.17) is 21.1 Å². The van der Waals surface area contributed by atoms with Gasteiger partial charge in [0.2, 0.25) is 11.5 Å². The van der Waals surface area contributed by atoms with Crippen LogP contribution in [0.2, 0.25) is 5.02 Å². The summed E-state index contributed by atoms with van der Waals surface area (Å²) in [5, 5.41) is 4.79. The van der Waals surface area contributed by atoms with E-state index >= 15 is 0 Å². The third-order valence-electron chi connectivity index (χ3n) is 6.05. The SMILES string of the molecule is Cc1cc(=O)c(C(=O)N2CCN(C(=O)[C@@H]3COc4ccccc4O3)CC2)nn1-c1ccccc1Cl. The second-order valence-electron chi connectivity index (χ2n) is 8.34. The number of amides is 2. The van der Waals surface area contributed by atoms with Crippen LogP contribution in [0.3, 0.4) is 0 Å². The molecule has 1 aromatic heterocycles. The summed E-state index contributed by atoms with van der Waals surface area (Å²) in [7, 11) is 0. The highest BCUT2D eigenvalue weighted by Crippen LogP contribution is 2.31. The fourth-order valence-corrected chi connectivity index (χ4v) is 4.40. The smallest absolute Gasteiger partial charge is 0.278 e. The van der Waals surface area contributed by atoms with Gasteiger partial charge in [0.15, 0.2) is 17.2 Å². The molecule has 2 aliphatic heterocycles. The van der Waals surface area contributed by atoms with E-state index in [9.17, 15) is 14.4 Å². The molecule has 3 aromatic rings. The second-order valence-corrected chi connectivity index (χ2v) is 8.75. The van der Waals surface area contributed by atoms with Crippen molar-refractivity contribution in [3.8, 4) is 17.2 Å². The number of para-hydroxylation sites is 3. The van der Waals surface area contributed by atoms with Crippen molar-refractivity contribution >= 4 is 23.4 Å². The third kappa shape index (κ3) is 4.46. The third-order valence-corrected chi connectivity index (χ3v) is 6.37. The van der Waals surface area contributed by atoms with Gasteiger partial charge in [-0.2, -0.15) is 5.10 Å². The van der Waals surface area contributed by atoms with E-state index in [1.54, 1.807) is 48.2 Å². The molecule has 0 saturated carbocycles. The van der Waals surface area contributed by atoms with Crippen molar-refractivity contribution in [2.45, 2.75) is 13.0 Å². The molecule has 1 saturated heterocycles. The fraction of sp³-hybridized carbons (Fsp3) is 0.280. The van der Waals surface area contributed by atoms with Gasteiger partial charge in [0.25, 0.3) is 11.8 Å². The standard InChI is InChI=1S/C25H23ClN4O5/c1-16-14-19(31)23(27-30(16)18-7-3-2-6-17(18)26)25(33)29-12-10-28(11-13-29)24(32)22-15-34-20-8-4-5-9-21(20)35-22/h2-9,14,22H,10-13,15H2,1H3/t22-/m0/s1. The number of rotatable bonds is 3. The van der Waals surface area contributed by atoms with Crippen molar-refractivity contribution in [3.63, 3.8) is 0 Å². The lowest BCUT2D eigenvalue weighted by molar-refractivity contribution is -0.142. The van der Waals surface area contributed by atoms with Gasteiger partial charge < -0.3 is 19.3 Å². The van der Waals surface area contributed by atoms with Crippen molar-refractivity contribution in [1.29, 1.82) is 0 Å². The predicted octanol–water partition coefficient (Wildman–Crippen LogP) is 2.32. The van der Waals surface area contributed by atoms with Crippen LogP contribution in [-0.4, -0.2) is 70.3 Å². The molecule has 0 unspecified atom stereocenters. The van der Waals surface area contributed by atoms with Gasteiger partial charge in [-0.15, -0.1) is 0 Å². The van der Waals surface area contributed by atoms with Gasteiger partial charge in [-0.05, 0) is 31.2 Å². The van der Waals surface area contributed by atoms with Crippen LogP contribution in [0, 0.1) is 6.92 Å². The molecule has 0 radical (unpaired) electrons. The summed E-state index contributed by atoms with van der Waals surface area (Å²) < 4.78 is 13.0. The second kappa shape index (κ2) is 9.42. The van der Waals surface area contributed by atoms with Crippen LogP contribution in [0.1, 0.15) is 16.2 Å². The fourth-order valence-electron chi connectivity index (χ4n) is 4.19. The van der Waals surface area contributed by atoms with Gasteiger partial charge in [-0.1, -0.05) is 35.9 Å². The molecule has 35 heavy (non-hydrogen) atoms. The Hall–Kier alpha value is -3.85. The molecule has 2 aromatic carbocycles. The first kappa shape index (κ1) is 22.9. The maximum Gasteiger partial charge on any atom is 0.278 e. The van der Waals surface area contributed by atoms with E-state index in [1.165, 1.54) is 15.6 Å². The molecule has 3 heterocycles. The Labute approximate surface area is 206 Å². The number of hydrogen-bond acceptors (Lipinski definition) is 6. The van der Waals surface area contributed by atoms with E-state index in [0.29, 0.717) is 41.0 Å². The van der Waals surface area contributed by atoms with E-state index in [-0.39, 0.29) is 31.3 Å². The van der Waals surface area contributed by atoms with Crippen LogP contribution in [0.4, 0.5) is 0 Å². The zero-order chi connectivity index (χ0) is 24.5. The number of halogens is 1. The largest absolute Gasteiger partial charge is 0.485 e. The first-order chi connectivity index (χ1) is 16.9. The first-order valence-corrected chi connectivity index (χ1v) is 11.6. The molecule has 10 heteroatoms. The summed E-state index contributed by atoms with van der Waals surface area (Å²) in [6, 6.07) is 15.7. The van der Waals surface area contributed by atoms with Crippen LogP contribution in [-0.2, 0) is 4.79 Å². The molecule has 2 amide bonds. The monoisotopic (exact) mass is 494 g/mol. The van der Waals surface area contributed by atoms with Crippen molar-refractivity contribution in [2.75, 3.05) is 32.8 Å². The Balaban J connectivity index is 1.27. The van der Waals surface area contributed by atoms with Gasteiger partial charge in [-0.3, -0.25) is 14.4 Å². The van der Waals surface area contributed by atoms with Crippen LogP contribution in [0.15, 0.2) is 59.4 Å². The maximum absolute atomic E-state index is 13.2. The zero-order valence-corrected chi connectivity index (χ0v) is 19.8. The van der Waals surface area contributed by atoms with E-state index < -0.39 is 17.4 Å². The van der Waals surface area contributed by atoms with Crippen molar-refractivity contribution in [2.24, 2.45) is 0 Å². The topological polar surface area (TPSA) is 94.0 Å².